The first-order valence-corrected chi connectivity index (χ1v) is 38.4. The first-order chi connectivity index (χ1) is 55.9. The molecule has 0 saturated carbocycles. The number of nitrogens with zero attached hydrogens (tertiary/aromatic N) is 4. The Morgan fingerprint density at radius 2 is 0.531 bits per heavy atom. The van der Waals surface area contributed by atoms with Gasteiger partial charge in [-0.05, 0) is 144 Å². The SMILES string of the molecule is c1ccc(-c2cccc(-c3cc(-c4cccc(-c5ccccc5)c4)nc(-c4ccc5c(c4)Oc4ccc(-c6ccc(-c7cc(-c8ccc(-c9cccc%10c9oc9ccccc9%10)cc8)nc(-c8ccc9c(c8)Oc8ccccc8C98c9ccccc9-c9ccccc98)n7)cc6)cc4C54c5ccccc5-c5ccccc54)n3)c2)cc1. The van der Waals surface area contributed by atoms with Crippen LogP contribution in [-0.2, 0) is 10.8 Å². The van der Waals surface area contributed by atoms with Crippen LogP contribution in [0.25, 0.3) is 157 Å². The molecule has 0 radical (unpaired) electrons. The van der Waals surface area contributed by atoms with E-state index in [-0.39, 0.29) is 0 Å². The van der Waals surface area contributed by atoms with E-state index in [2.05, 4.69) is 376 Å². The zero-order valence-corrected chi connectivity index (χ0v) is 61.0. The highest BCUT2D eigenvalue weighted by Crippen LogP contribution is 2.65. The molecular formula is C106H64N4O3. The lowest BCUT2D eigenvalue weighted by atomic mass is 9.65. The zero-order valence-electron chi connectivity index (χ0n) is 61.0. The molecule has 113 heavy (non-hydrogen) atoms. The Balaban J connectivity index is 0.640. The van der Waals surface area contributed by atoms with Crippen LogP contribution in [-0.4, -0.2) is 19.9 Å². The lowest BCUT2D eigenvalue weighted by Crippen LogP contribution is -2.32. The van der Waals surface area contributed by atoms with Crippen molar-refractivity contribution in [3.05, 3.63) is 433 Å². The molecule has 0 atom stereocenters. The molecule has 7 heteroatoms. The molecule has 16 aromatic carbocycles. The third-order valence-electron chi connectivity index (χ3n) is 23.7. The predicted molar refractivity (Wildman–Crippen MR) is 454 cm³/mol. The molecule has 0 saturated heterocycles. The Kier molecular flexibility index (Phi) is 14.4. The van der Waals surface area contributed by atoms with Crippen LogP contribution < -0.4 is 9.47 Å². The fourth-order valence-corrected chi connectivity index (χ4v) is 18.6. The Bertz CT molecular complexity index is 6930. The molecule has 2 aliphatic carbocycles. The van der Waals surface area contributed by atoms with Crippen molar-refractivity contribution < 1.29 is 13.9 Å². The van der Waals surface area contributed by atoms with Gasteiger partial charge in [0.1, 0.15) is 34.2 Å². The molecule has 0 fully saturated rings. The second-order valence-electron chi connectivity index (χ2n) is 29.8. The van der Waals surface area contributed by atoms with E-state index >= 15 is 0 Å². The minimum Gasteiger partial charge on any atom is -0.457 e. The van der Waals surface area contributed by atoms with Crippen LogP contribution in [0.15, 0.2) is 393 Å². The van der Waals surface area contributed by atoms with Gasteiger partial charge in [-0.2, -0.15) is 0 Å². The summed E-state index contributed by atoms with van der Waals surface area (Å²) in [7, 11) is 0. The Hall–Kier alpha value is -14.9. The monoisotopic (exact) mass is 1440 g/mol. The Morgan fingerprint density at radius 3 is 1.06 bits per heavy atom. The van der Waals surface area contributed by atoms with Crippen molar-refractivity contribution in [2.45, 2.75) is 10.8 Å². The Labute approximate surface area is 652 Å². The highest BCUT2D eigenvalue weighted by molar-refractivity contribution is 6.09. The zero-order chi connectivity index (χ0) is 74.3. The highest BCUT2D eigenvalue weighted by Gasteiger charge is 2.53. The fourth-order valence-electron chi connectivity index (χ4n) is 18.6. The molecule has 2 aliphatic heterocycles. The normalized spacial score (nSPS) is 13.2. The summed E-state index contributed by atoms with van der Waals surface area (Å²) >= 11 is 0. The quantitative estimate of drug-likeness (QED) is 0.135. The van der Waals surface area contributed by atoms with E-state index < -0.39 is 10.8 Å². The second-order valence-corrected chi connectivity index (χ2v) is 29.8. The van der Waals surface area contributed by atoms with E-state index in [1.165, 1.54) is 44.5 Å². The third-order valence-corrected chi connectivity index (χ3v) is 23.7. The molecule has 19 aromatic rings. The van der Waals surface area contributed by atoms with Crippen LogP contribution in [0.5, 0.6) is 23.0 Å². The first kappa shape index (κ1) is 64.1. The predicted octanol–water partition coefficient (Wildman–Crippen LogP) is 26.8. The molecule has 526 valence electrons. The van der Waals surface area contributed by atoms with E-state index in [0.29, 0.717) is 11.6 Å². The average molecular weight is 1440 g/mol. The number of aromatic nitrogens is 4. The van der Waals surface area contributed by atoms with Gasteiger partial charge in [0.25, 0.3) is 0 Å². The first-order valence-electron chi connectivity index (χ1n) is 38.4. The van der Waals surface area contributed by atoms with Gasteiger partial charge in [-0.15, -0.1) is 0 Å². The van der Waals surface area contributed by atoms with Crippen molar-refractivity contribution in [1.29, 1.82) is 0 Å². The molecule has 4 aliphatic rings. The van der Waals surface area contributed by atoms with Gasteiger partial charge in [-0.3, -0.25) is 0 Å². The van der Waals surface area contributed by atoms with Crippen LogP contribution in [0.3, 0.4) is 0 Å². The summed E-state index contributed by atoms with van der Waals surface area (Å²) in [6.07, 6.45) is 0. The number of fused-ring (bicyclic) bond motifs is 21. The van der Waals surface area contributed by atoms with Crippen LogP contribution in [0.2, 0.25) is 0 Å². The van der Waals surface area contributed by atoms with Crippen LogP contribution >= 0.6 is 0 Å². The van der Waals surface area contributed by atoms with Gasteiger partial charge in [0.15, 0.2) is 11.6 Å². The molecule has 0 bridgehead atoms. The number of para-hydroxylation sites is 3. The van der Waals surface area contributed by atoms with Crippen LogP contribution in [0.1, 0.15) is 44.5 Å². The number of rotatable bonds is 10. The van der Waals surface area contributed by atoms with Crippen molar-refractivity contribution in [2.75, 3.05) is 0 Å². The molecule has 5 heterocycles. The topological polar surface area (TPSA) is 83.2 Å². The smallest absolute Gasteiger partial charge is 0.160 e. The molecule has 0 amide bonds. The largest absolute Gasteiger partial charge is 0.457 e. The molecule has 0 unspecified atom stereocenters. The summed E-state index contributed by atoms with van der Waals surface area (Å²) in [6.45, 7) is 0. The van der Waals surface area contributed by atoms with Crippen molar-refractivity contribution in [3.63, 3.8) is 0 Å². The van der Waals surface area contributed by atoms with Gasteiger partial charge in [0.05, 0.1) is 33.6 Å². The van der Waals surface area contributed by atoms with Gasteiger partial charge < -0.3 is 13.9 Å². The van der Waals surface area contributed by atoms with Gasteiger partial charge in [-0.25, -0.2) is 19.9 Å². The number of furan rings is 1. The average Bonchev–Trinajstić information content (AvgIpc) is 1.52. The molecule has 0 N–H and O–H groups in total. The van der Waals surface area contributed by atoms with Gasteiger partial charge in [-0.1, -0.05) is 328 Å². The second kappa shape index (κ2) is 25.3. The summed E-state index contributed by atoms with van der Waals surface area (Å²) in [4.78, 5) is 22.0. The van der Waals surface area contributed by atoms with E-state index in [4.69, 9.17) is 33.8 Å². The molecule has 7 nitrogen and oxygen atoms in total. The fraction of sp³-hybridized carbons (Fsp3) is 0.0189. The standard InChI is InChI=1S/C106H64N4O3/c1-3-22-65(23-4-1)71-26-19-28-74(58-71)95-64-96(75-29-20-27-72(59-75)66-24-5-2-6-25-66)110-104(109-95)77-53-56-91-101(62-77)112-99-57-54-73(60-92(99)106(91)87-39-14-9-32-81(87)82-33-10-15-40-88(82)106)67-44-48-69(49-45-67)93-63-94(70-50-46-68(47-51-70)78-35-21-36-84-83-34-11-17-42-97(83)113-102(78)84)108-103(107-93)76-52-55-90-100(61-76)111-98-43-18-16-41-89(98)105(90)85-37-12-7-30-79(85)80-31-8-13-38-86(80)105/h1-64H. The van der Waals surface area contributed by atoms with Crippen molar-refractivity contribution in [3.8, 4) is 158 Å². The highest BCUT2D eigenvalue weighted by atomic mass is 16.5. The van der Waals surface area contributed by atoms with Crippen LogP contribution in [0.4, 0.5) is 0 Å². The van der Waals surface area contributed by atoms with Crippen LogP contribution in [0, 0.1) is 0 Å². The molecular weight excluding hydrogens is 1380 g/mol. The summed E-state index contributed by atoms with van der Waals surface area (Å²) in [6, 6.07) is 139. The van der Waals surface area contributed by atoms with E-state index in [0.717, 1.165) is 168 Å². The van der Waals surface area contributed by atoms with E-state index in [1.807, 2.05) is 12.1 Å². The summed E-state index contributed by atoms with van der Waals surface area (Å²) in [5.74, 6) is 4.28. The maximum atomic E-state index is 7.35. The summed E-state index contributed by atoms with van der Waals surface area (Å²) < 4.78 is 21.0. The number of benzene rings is 16. The molecule has 2 spiro atoms. The van der Waals surface area contributed by atoms with Crippen molar-refractivity contribution >= 4 is 21.9 Å². The maximum absolute atomic E-state index is 7.35. The molecule has 23 rings (SSSR count). The minimum absolute atomic E-state index is 0.578. The van der Waals surface area contributed by atoms with Crippen molar-refractivity contribution in [1.82, 2.24) is 19.9 Å². The maximum Gasteiger partial charge on any atom is 0.160 e. The van der Waals surface area contributed by atoms with Gasteiger partial charge in [0, 0.05) is 72.0 Å². The Morgan fingerprint density at radius 1 is 0.186 bits per heavy atom. The number of ether oxygens (including phenoxy) is 2. The lowest BCUT2D eigenvalue weighted by Gasteiger charge is -2.39. The number of hydrogen-bond acceptors (Lipinski definition) is 7. The van der Waals surface area contributed by atoms with E-state index in [9.17, 15) is 0 Å². The third kappa shape index (κ3) is 10.0. The lowest BCUT2D eigenvalue weighted by molar-refractivity contribution is 0.436. The summed E-state index contributed by atoms with van der Waals surface area (Å²) in [5, 5.41) is 2.19. The van der Waals surface area contributed by atoms with Crippen molar-refractivity contribution in [2.24, 2.45) is 0 Å². The molecule has 3 aromatic heterocycles. The summed E-state index contributed by atoms with van der Waals surface area (Å²) in [5.41, 5.74) is 31.8. The number of hydrogen-bond donors (Lipinski definition) is 0. The van der Waals surface area contributed by atoms with E-state index in [1.54, 1.807) is 0 Å². The minimum atomic E-state index is -0.765. The van der Waals surface area contributed by atoms with Gasteiger partial charge in [0.2, 0.25) is 0 Å². The van der Waals surface area contributed by atoms with Gasteiger partial charge >= 0.3 is 0 Å².